The van der Waals surface area contributed by atoms with Crippen LogP contribution in [0.1, 0.15) is 29.4 Å². The second-order valence-corrected chi connectivity index (χ2v) is 5.82. The summed E-state index contributed by atoms with van der Waals surface area (Å²) in [5.41, 5.74) is 6.53. The number of carbonyl (C=O) groups is 1. The Morgan fingerprint density at radius 2 is 2.05 bits per heavy atom. The van der Waals surface area contributed by atoms with Crippen molar-refractivity contribution in [2.75, 3.05) is 0 Å². The third-order valence-corrected chi connectivity index (χ3v) is 4.53. The molecule has 0 fully saturated rings. The lowest BCUT2D eigenvalue weighted by molar-refractivity contribution is -0.121. The molecule has 6 heteroatoms. The third-order valence-electron chi connectivity index (χ3n) is 3.38. The molecule has 0 aliphatic heterocycles. The molecule has 1 N–H and O–H groups in total. The molecule has 1 aromatic carbocycles. The van der Waals surface area contributed by atoms with E-state index in [0.29, 0.717) is 0 Å². The van der Waals surface area contributed by atoms with Crippen LogP contribution in [0.5, 0.6) is 0 Å². The van der Waals surface area contributed by atoms with Gasteiger partial charge in [-0.25, -0.2) is 5.43 Å². The average Bonchev–Trinajstić information content (AvgIpc) is 2.75. The number of aromatic nitrogens is 2. The van der Waals surface area contributed by atoms with Crippen molar-refractivity contribution < 1.29 is 4.79 Å². The van der Waals surface area contributed by atoms with Crippen LogP contribution in [0, 0.1) is 13.8 Å². The van der Waals surface area contributed by atoms with E-state index in [-0.39, 0.29) is 12.5 Å². The van der Waals surface area contributed by atoms with Gasteiger partial charge in [0.15, 0.2) is 0 Å². The molecular weight excluding hydrogens is 344 g/mol. The third kappa shape index (κ3) is 4.04. The van der Waals surface area contributed by atoms with Crippen molar-refractivity contribution in [3.05, 3.63) is 51.3 Å². The summed E-state index contributed by atoms with van der Waals surface area (Å²) in [6.07, 6.45) is 2.64. The summed E-state index contributed by atoms with van der Waals surface area (Å²) in [5, 5.41) is 8.27. The number of rotatable bonds is 5. The Kier molecular flexibility index (Phi) is 5.49. The number of nitrogens with zero attached hydrogens (tertiary/aromatic N) is 3. The van der Waals surface area contributed by atoms with Crippen molar-refractivity contribution in [1.82, 2.24) is 15.2 Å². The van der Waals surface area contributed by atoms with Gasteiger partial charge < -0.3 is 0 Å². The largest absolute Gasteiger partial charge is 0.271 e. The van der Waals surface area contributed by atoms with E-state index in [1.807, 2.05) is 26.0 Å². The highest BCUT2D eigenvalue weighted by atomic mass is 79.9. The number of benzene rings is 1. The molecule has 0 spiro atoms. The zero-order valence-electron chi connectivity index (χ0n) is 12.9. The predicted octanol–water partition coefficient (Wildman–Crippen LogP) is 2.98. The van der Waals surface area contributed by atoms with E-state index in [4.69, 9.17) is 0 Å². The van der Waals surface area contributed by atoms with Crippen molar-refractivity contribution in [3.8, 4) is 0 Å². The Hall–Kier alpha value is -1.95. The first kappa shape index (κ1) is 16.4. The fraction of sp³-hybridized carbons (Fsp3) is 0.312. The zero-order chi connectivity index (χ0) is 16.1. The molecule has 0 saturated carbocycles. The van der Waals surface area contributed by atoms with E-state index in [9.17, 15) is 4.79 Å². The number of nitrogens with one attached hydrogen (secondary N) is 1. The Morgan fingerprint density at radius 1 is 1.36 bits per heavy atom. The minimum Gasteiger partial charge on any atom is -0.271 e. The van der Waals surface area contributed by atoms with E-state index in [1.165, 1.54) is 5.56 Å². The minimum atomic E-state index is -0.209. The molecule has 0 saturated heterocycles. The lowest BCUT2D eigenvalue weighted by Gasteiger charge is -2.03. The number of hydrazone groups is 1. The SMILES string of the molecule is CCc1ccc(/C=N/NC(=O)Cn2nc(C)c(Br)c2C)cc1. The smallest absolute Gasteiger partial charge is 0.261 e. The topological polar surface area (TPSA) is 59.3 Å². The molecule has 1 amide bonds. The summed E-state index contributed by atoms with van der Waals surface area (Å²) in [5.74, 6) is -0.209. The van der Waals surface area contributed by atoms with Crippen LogP contribution in [-0.4, -0.2) is 21.9 Å². The maximum absolute atomic E-state index is 11.9. The molecule has 0 aliphatic carbocycles. The first-order valence-electron chi connectivity index (χ1n) is 7.11. The number of amides is 1. The van der Waals surface area contributed by atoms with Crippen LogP contribution in [0.25, 0.3) is 0 Å². The van der Waals surface area contributed by atoms with Gasteiger partial charge in [0.25, 0.3) is 5.91 Å². The van der Waals surface area contributed by atoms with Gasteiger partial charge in [-0.05, 0) is 47.3 Å². The Bertz CT molecular complexity index is 689. The van der Waals surface area contributed by atoms with Gasteiger partial charge in [0.1, 0.15) is 6.54 Å². The van der Waals surface area contributed by atoms with Crippen molar-refractivity contribution in [2.45, 2.75) is 33.7 Å². The molecule has 116 valence electrons. The van der Waals surface area contributed by atoms with E-state index in [0.717, 1.165) is 27.8 Å². The predicted molar refractivity (Wildman–Crippen MR) is 91.0 cm³/mol. The molecule has 0 atom stereocenters. The lowest BCUT2D eigenvalue weighted by atomic mass is 10.1. The lowest BCUT2D eigenvalue weighted by Crippen LogP contribution is -2.24. The van der Waals surface area contributed by atoms with Crippen LogP contribution >= 0.6 is 15.9 Å². The summed E-state index contributed by atoms with van der Waals surface area (Å²) >= 11 is 3.44. The van der Waals surface area contributed by atoms with Crippen molar-refractivity contribution >= 4 is 28.1 Å². The van der Waals surface area contributed by atoms with E-state index in [2.05, 4.69) is 50.6 Å². The van der Waals surface area contributed by atoms with Gasteiger partial charge >= 0.3 is 0 Å². The van der Waals surface area contributed by atoms with Crippen molar-refractivity contribution in [1.29, 1.82) is 0 Å². The highest BCUT2D eigenvalue weighted by Crippen LogP contribution is 2.19. The van der Waals surface area contributed by atoms with Gasteiger partial charge in [0.2, 0.25) is 0 Å². The van der Waals surface area contributed by atoms with E-state index >= 15 is 0 Å². The molecule has 1 aromatic heterocycles. The Labute approximate surface area is 138 Å². The molecule has 0 bridgehead atoms. The van der Waals surface area contributed by atoms with Crippen LogP contribution in [0.2, 0.25) is 0 Å². The van der Waals surface area contributed by atoms with Crippen LogP contribution in [0.3, 0.4) is 0 Å². The monoisotopic (exact) mass is 362 g/mol. The molecule has 1 heterocycles. The number of aryl methyl sites for hydroxylation is 2. The summed E-state index contributed by atoms with van der Waals surface area (Å²) in [7, 11) is 0. The standard InChI is InChI=1S/C16H19BrN4O/c1-4-13-5-7-14(8-6-13)9-18-19-15(22)10-21-12(3)16(17)11(2)20-21/h5-9H,4,10H2,1-3H3,(H,19,22)/b18-9+. The van der Waals surface area contributed by atoms with Gasteiger partial charge in [0, 0.05) is 0 Å². The fourth-order valence-corrected chi connectivity index (χ4v) is 2.30. The maximum Gasteiger partial charge on any atom is 0.261 e. The molecule has 0 radical (unpaired) electrons. The molecule has 0 unspecified atom stereocenters. The highest BCUT2D eigenvalue weighted by molar-refractivity contribution is 9.10. The number of halogens is 1. The first-order chi connectivity index (χ1) is 10.5. The summed E-state index contributed by atoms with van der Waals surface area (Å²) < 4.78 is 2.58. The average molecular weight is 363 g/mol. The normalized spacial score (nSPS) is 11.1. The summed E-state index contributed by atoms with van der Waals surface area (Å²) in [4.78, 5) is 11.9. The molecule has 2 rings (SSSR count). The number of hydrogen-bond donors (Lipinski definition) is 1. The quantitative estimate of drug-likeness (QED) is 0.656. The molecular formula is C16H19BrN4O. The van der Waals surface area contributed by atoms with Gasteiger partial charge in [0.05, 0.1) is 22.1 Å². The Morgan fingerprint density at radius 3 is 2.59 bits per heavy atom. The zero-order valence-corrected chi connectivity index (χ0v) is 14.5. The van der Waals surface area contributed by atoms with Gasteiger partial charge in [-0.3, -0.25) is 9.48 Å². The van der Waals surface area contributed by atoms with Gasteiger partial charge in [-0.1, -0.05) is 31.2 Å². The van der Waals surface area contributed by atoms with Crippen LogP contribution in [0.4, 0.5) is 0 Å². The fourth-order valence-electron chi connectivity index (χ4n) is 2.02. The van der Waals surface area contributed by atoms with Crippen molar-refractivity contribution in [2.24, 2.45) is 5.10 Å². The van der Waals surface area contributed by atoms with Gasteiger partial charge in [-0.15, -0.1) is 0 Å². The maximum atomic E-state index is 11.9. The number of carbonyl (C=O) groups excluding carboxylic acids is 1. The molecule has 22 heavy (non-hydrogen) atoms. The highest BCUT2D eigenvalue weighted by Gasteiger charge is 2.11. The van der Waals surface area contributed by atoms with E-state index < -0.39 is 0 Å². The van der Waals surface area contributed by atoms with E-state index in [1.54, 1.807) is 10.9 Å². The second kappa shape index (κ2) is 7.35. The first-order valence-corrected chi connectivity index (χ1v) is 7.91. The number of hydrogen-bond acceptors (Lipinski definition) is 3. The summed E-state index contributed by atoms with van der Waals surface area (Å²) in [6, 6.07) is 8.06. The minimum absolute atomic E-state index is 0.143. The van der Waals surface area contributed by atoms with Crippen molar-refractivity contribution in [3.63, 3.8) is 0 Å². The molecule has 5 nitrogen and oxygen atoms in total. The van der Waals surface area contributed by atoms with Crippen LogP contribution < -0.4 is 5.43 Å². The van der Waals surface area contributed by atoms with Crippen LogP contribution in [0.15, 0.2) is 33.8 Å². The molecule has 0 aliphatic rings. The Balaban J connectivity index is 1.91. The van der Waals surface area contributed by atoms with Gasteiger partial charge in [-0.2, -0.15) is 10.2 Å². The van der Waals surface area contributed by atoms with Crippen LogP contribution in [-0.2, 0) is 17.8 Å². The molecule has 2 aromatic rings. The summed E-state index contributed by atoms with van der Waals surface area (Å²) in [6.45, 7) is 6.06. The second-order valence-electron chi connectivity index (χ2n) is 5.03.